The topological polar surface area (TPSA) is 67.2 Å². The number of carbonyl (C=O) groups is 2. The molecule has 0 spiro atoms. The molecule has 2 amide bonds. The lowest BCUT2D eigenvalue weighted by molar-refractivity contribution is -0.122. The molecular weight excluding hydrogens is 323 g/mol. The van der Waals surface area contributed by atoms with Crippen LogP contribution in [-0.2, 0) is 16.1 Å². The minimum absolute atomic E-state index is 0.131. The zero-order chi connectivity index (χ0) is 18.0. The lowest BCUT2D eigenvalue weighted by atomic mass is 10.1. The Kier molecular flexibility index (Phi) is 4.83. The van der Waals surface area contributed by atoms with Gasteiger partial charge in [-0.2, -0.15) is 5.10 Å². The molecule has 1 fully saturated rings. The van der Waals surface area contributed by atoms with E-state index in [4.69, 9.17) is 0 Å². The Morgan fingerprint density at radius 3 is 2.92 bits per heavy atom. The molecule has 1 saturated heterocycles. The van der Waals surface area contributed by atoms with Gasteiger partial charge < -0.3 is 10.2 Å². The van der Waals surface area contributed by atoms with Gasteiger partial charge in [-0.25, -0.2) is 9.07 Å². The summed E-state index contributed by atoms with van der Waals surface area (Å²) < 4.78 is 15.2. The fourth-order valence-electron chi connectivity index (χ4n) is 2.99. The molecule has 6 nitrogen and oxygen atoms in total. The molecule has 1 atom stereocenters. The maximum Gasteiger partial charge on any atom is 0.230 e. The fraction of sp³-hybridized carbons (Fsp3) is 0.389. The highest BCUT2D eigenvalue weighted by atomic mass is 19.1. The molecule has 1 aliphatic heterocycles. The second kappa shape index (κ2) is 7.04. The Morgan fingerprint density at radius 1 is 1.40 bits per heavy atom. The smallest absolute Gasteiger partial charge is 0.230 e. The second-order valence-corrected chi connectivity index (χ2v) is 6.27. The van der Waals surface area contributed by atoms with Gasteiger partial charge in [0.05, 0.1) is 12.1 Å². The highest BCUT2D eigenvalue weighted by Crippen LogP contribution is 2.27. The fourth-order valence-corrected chi connectivity index (χ4v) is 2.99. The third kappa shape index (κ3) is 3.55. The van der Waals surface area contributed by atoms with Gasteiger partial charge in [-0.05, 0) is 37.1 Å². The van der Waals surface area contributed by atoms with Crippen molar-refractivity contribution >= 4 is 23.3 Å². The first-order chi connectivity index (χ1) is 12.0. The molecule has 132 valence electrons. The number of anilines is 2. The molecular formula is C18H21FN4O2. The van der Waals surface area contributed by atoms with E-state index in [1.807, 2.05) is 6.92 Å². The van der Waals surface area contributed by atoms with E-state index in [0.29, 0.717) is 23.6 Å². The Balaban J connectivity index is 1.70. The van der Waals surface area contributed by atoms with Crippen molar-refractivity contribution < 1.29 is 14.0 Å². The molecule has 3 rings (SSSR count). The lowest BCUT2D eigenvalue weighted by Gasteiger charge is -2.17. The van der Waals surface area contributed by atoms with Crippen LogP contribution in [0.15, 0.2) is 30.5 Å². The van der Waals surface area contributed by atoms with Crippen molar-refractivity contribution in [2.75, 3.05) is 16.8 Å². The molecule has 1 unspecified atom stereocenters. The van der Waals surface area contributed by atoms with Crippen LogP contribution in [0.3, 0.4) is 0 Å². The summed E-state index contributed by atoms with van der Waals surface area (Å²) >= 11 is 0. The quantitative estimate of drug-likeness (QED) is 0.907. The van der Waals surface area contributed by atoms with Gasteiger partial charge in [0.2, 0.25) is 11.8 Å². The third-order valence-corrected chi connectivity index (χ3v) is 4.35. The van der Waals surface area contributed by atoms with E-state index >= 15 is 0 Å². The zero-order valence-corrected chi connectivity index (χ0v) is 14.3. The first kappa shape index (κ1) is 17.1. The monoisotopic (exact) mass is 344 g/mol. The van der Waals surface area contributed by atoms with Gasteiger partial charge in [0.1, 0.15) is 11.6 Å². The van der Waals surface area contributed by atoms with Crippen LogP contribution < -0.4 is 10.2 Å². The molecule has 1 aromatic carbocycles. The highest BCUT2D eigenvalue weighted by Gasteiger charge is 2.35. The Hall–Kier alpha value is -2.70. The number of halogens is 1. The largest absolute Gasteiger partial charge is 0.312 e. The highest BCUT2D eigenvalue weighted by molar-refractivity contribution is 6.03. The van der Waals surface area contributed by atoms with E-state index in [2.05, 4.69) is 10.4 Å². The van der Waals surface area contributed by atoms with Crippen molar-refractivity contribution in [3.05, 3.63) is 41.8 Å². The number of hydrogen-bond donors (Lipinski definition) is 1. The van der Waals surface area contributed by atoms with Crippen molar-refractivity contribution in [2.24, 2.45) is 5.92 Å². The van der Waals surface area contributed by atoms with Gasteiger partial charge >= 0.3 is 0 Å². The summed E-state index contributed by atoms with van der Waals surface area (Å²) in [4.78, 5) is 26.4. The molecule has 0 bridgehead atoms. The Labute approximate surface area is 145 Å². The van der Waals surface area contributed by atoms with E-state index in [1.54, 1.807) is 40.9 Å². The van der Waals surface area contributed by atoms with Crippen LogP contribution in [0.4, 0.5) is 15.9 Å². The summed E-state index contributed by atoms with van der Waals surface area (Å²) in [5, 5.41) is 7.02. The number of aryl methyl sites for hydroxylation is 2. The van der Waals surface area contributed by atoms with E-state index in [-0.39, 0.29) is 30.6 Å². The molecule has 1 aliphatic rings. The summed E-state index contributed by atoms with van der Waals surface area (Å²) in [7, 11) is 0. The molecule has 1 aromatic heterocycles. The van der Waals surface area contributed by atoms with Gasteiger partial charge in [0, 0.05) is 31.3 Å². The maximum absolute atomic E-state index is 13.4. The second-order valence-electron chi connectivity index (χ2n) is 6.27. The summed E-state index contributed by atoms with van der Waals surface area (Å²) in [6.07, 6.45) is 2.69. The first-order valence-electron chi connectivity index (χ1n) is 8.38. The number of benzene rings is 1. The maximum atomic E-state index is 13.4. The van der Waals surface area contributed by atoms with Crippen LogP contribution in [0, 0.1) is 18.7 Å². The van der Waals surface area contributed by atoms with E-state index in [0.717, 1.165) is 6.42 Å². The molecule has 2 heterocycles. The van der Waals surface area contributed by atoms with Crippen molar-refractivity contribution in [3.8, 4) is 0 Å². The predicted molar refractivity (Wildman–Crippen MR) is 92.7 cm³/mol. The van der Waals surface area contributed by atoms with Crippen molar-refractivity contribution in [1.29, 1.82) is 0 Å². The van der Waals surface area contributed by atoms with Gasteiger partial charge in [-0.15, -0.1) is 0 Å². The van der Waals surface area contributed by atoms with Crippen LogP contribution in [0.5, 0.6) is 0 Å². The molecule has 0 radical (unpaired) electrons. The molecule has 7 heteroatoms. The van der Waals surface area contributed by atoms with E-state index in [1.165, 1.54) is 6.07 Å². The number of nitrogens with zero attached hydrogens (tertiary/aromatic N) is 3. The molecule has 1 N–H and O–H groups in total. The lowest BCUT2D eigenvalue weighted by Crippen LogP contribution is -2.28. The van der Waals surface area contributed by atoms with Crippen molar-refractivity contribution in [2.45, 2.75) is 33.2 Å². The minimum Gasteiger partial charge on any atom is -0.312 e. The average Bonchev–Trinajstić information content (AvgIpc) is 3.17. The summed E-state index contributed by atoms with van der Waals surface area (Å²) in [6.45, 7) is 4.69. The SMILES string of the molecule is CCCn1nccc1NC(=O)C1CC(=O)N(c2ccc(F)c(C)c2)C1. The van der Waals surface area contributed by atoms with Crippen LogP contribution in [-0.4, -0.2) is 28.1 Å². The van der Waals surface area contributed by atoms with Gasteiger partial charge in [-0.1, -0.05) is 6.92 Å². The number of carbonyl (C=O) groups excluding carboxylic acids is 2. The van der Waals surface area contributed by atoms with Gasteiger partial charge in [0.15, 0.2) is 0 Å². The number of rotatable bonds is 5. The van der Waals surface area contributed by atoms with E-state index < -0.39 is 5.92 Å². The van der Waals surface area contributed by atoms with Crippen LogP contribution in [0.25, 0.3) is 0 Å². The standard InChI is InChI=1S/C18H21FN4O2/c1-3-8-23-16(6-7-20-23)21-18(25)13-10-17(24)22(11-13)14-4-5-15(19)12(2)9-14/h4-7,9,13H,3,8,10-11H2,1-2H3,(H,21,25). The molecule has 0 aliphatic carbocycles. The summed E-state index contributed by atoms with van der Waals surface area (Å²) in [6, 6.07) is 6.28. The molecule has 25 heavy (non-hydrogen) atoms. The van der Waals surface area contributed by atoms with Gasteiger partial charge in [-0.3, -0.25) is 9.59 Å². The Morgan fingerprint density at radius 2 is 2.20 bits per heavy atom. The van der Waals surface area contributed by atoms with Crippen LogP contribution in [0.2, 0.25) is 0 Å². The molecule has 0 saturated carbocycles. The first-order valence-corrected chi connectivity index (χ1v) is 8.38. The van der Waals surface area contributed by atoms with Crippen LogP contribution >= 0.6 is 0 Å². The normalized spacial score (nSPS) is 17.2. The Bertz CT molecular complexity index is 802. The average molecular weight is 344 g/mol. The number of amides is 2. The minimum atomic E-state index is -0.442. The van der Waals surface area contributed by atoms with Crippen molar-refractivity contribution in [3.63, 3.8) is 0 Å². The van der Waals surface area contributed by atoms with E-state index in [9.17, 15) is 14.0 Å². The number of hydrogen-bond acceptors (Lipinski definition) is 3. The van der Waals surface area contributed by atoms with Crippen molar-refractivity contribution in [1.82, 2.24) is 9.78 Å². The number of aromatic nitrogens is 2. The summed E-state index contributed by atoms with van der Waals surface area (Å²) in [5.41, 5.74) is 1.09. The summed E-state index contributed by atoms with van der Waals surface area (Å²) in [5.74, 6) is -0.451. The van der Waals surface area contributed by atoms with Gasteiger partial charge in [0.25, 0.3) is 0 Å². The zero-order valence-electron chi connectivity index (χ0n) is 14.3. The predicted octanol–water partition coefficient (Wildman–Crippen LogP) is 2.73. The number of nitrogens with one attached hydrogen (secondary N) is 1. The molecule has 2 aromatic rings. The third-order valence-electron chi connectivity index (χ3n) is 4.35. The van der Waals surface area contributed by atoms with Crippen LogP contribution in [0.1, 0.15) is 25.3 Å².